The Hall–Kier alpha value is -1.00. The summed E-state index contributed by atoms with van der Waals surface area (Å²) in [5, 5.41) is 3.30. The lowest BCUT2D eigenvalue weighted by atomic mass is 10.1. The van der Waals surface area contributed by atoms with Gasteiger partial charge in [-0.05, 0) is 25.3 Å². The molecule has 0 aliphatic carbocycles. The number of halogens is 2. The number of benzene rings is 1. The molecule has 1 aliphatic rings. The molecular formula is C13H17F2NO. The highest BCUT2D eigenvalue weighted by Gasteiger charge is 2.12. The Labute approximate surface area is 100.0 Å². The molecule has 17 heavy (non-hydrogen) atoms. The van der Waals surface area contributed by atoms with Gasteiger partial charge in [0, 0.05) is 37.4 Å². The van der Waals surface area contributed by atoms with Crippen molar-refractivity contribution in [2.24, 2.45) is 0 Å². The van der Waals surface area contributed by atoms with Gasteiger partial charge in [0.1, 0.15) is 11.6 Å². The van der Waals surface area contributed by atoms with E-state index in [4.69, 9.17) is 4.74 Å². The van der Waals surface area contributed by atoms with Crippen molar-refractivity contribution in [2.75, 3.05) is 13.2 Å². The fourth-order valence-electron chi connectivity index (χ4n) is 2.03. The number of hydrogen-bond donors (Lipinski definition) is 1. The molecule has 1 heterocycles. The van der Waals surface area contributed by atoms with E-state index in [1.165, 1.54) is 12.1 Å². The van der Waals surface area contributed by atoms with Gasteiger partial charge in [-0.2, -0.15) is 0 Å². The summed E-state index contributed by atoms with van der Waals surface area (Å²) in [7, 11) is 0. The van der Waals surface area contributed by atoms with Crippen molar-refractivity contribution in [3.05, 3.63) is 35.4 Å². The lowest BCUT2D eigenvalue weighted by molar-refractivity contribution is 0.142. The first kappa shape index (κ1) is 12.5. The summed E-state index contributed by atoms with van der Waals surface area (Å²) in [6.07, 6.45) is 3.02. The third-order valence-corrected chi connectivity index (χ3v) is 3.05. The SMILES string of the molecule is Fc1ccc(CNC2CCCOCC2)c(F)c1. The van der Waals surface area contributed by atoms with Gasteiger partial charge in [-0.3, -0.25) is 0 Å². The van der Waals surface area contributed by atoms with Gasteiger partial charge >= 0.3 is 0 Å². The van der Waals surface area contributed by atoms with E-state index in [2.05, 4.69) is 5.32 Å². The fourth-order valence-corrected chi connectivity index (χ4v) is 2.03. The van der Waals surface area contributed by atoms with Crippen LogP contribution >= 0.6 is 0 Å². The smallest absolute Gasteiger partial charge is 0.130 e. The second-order valence-electron chi connectivity index (χ2n) is 4.36. The summed E-state index contributed by atoms with van der Waals surface area (Å²) in [6, 6.07) is 4.07. The molecule has 1 atom stereocenters. The molecule has 1 aromatic rings. The van der Waals surface area contributed by atoms with E-state index in [1.807, 2.05) is 0 Å². The van der Waals surface area contributed by atoms with E-state index in [0.29, 0.717) is 18.2 Å². The maximum atomic E-state index is 13.4. The molecule has 0 amide bonds. The third-order valence-electron chi connectivity index (χ3n) is 3.05. The van der Waals surface area contributed by atoms with Crippen molar-refractivity contribution in [3.8, 4) is 0 Å². The van der Waals surface area contributed by atoms with E-state index in [1.54, 1.807) is 0 Å². The molecule has 94 valence electrons. The van der Waals surface area contributed by atoms with E-state index in [9.17, 15) is 8.78 Å². The quantitative estimate of drug-likeness (QED) is 0.878. The molecule has 1 N–H and O–H groups in total. The molecule has 1 aromatic carbocycles. The molecule has 1 fully saturated rings. The molecule has 1 saturated heterocycles. The van der Waals surface area contributed by atoms with Gasteiger partial charge < -0.3 is 10.1 Å². The Balaban J connectivity index is 1.88. The Morgan fingerprint density at radius 2 is 2.12 bits per heavy atom. The van der Waals surface area contributed by atoms with Crippen molar-refractivity contribution in [3.63, 3.8) is 0 Å². The molecule has 2 nitrogen and oxygen atoms in total. The van der Waals surface area contributed by atoms with Gasteiger partial charge in [-0.25, -0.2) is 8.78 Å². The van der Waals surface area contributed by atoms with Crippen LogP contribution in [0.3, 0.4) is 0 Å². The van der Waals surface area contributed by atoms with Crippen LogP contribution in [0.4, 0.5) is 8.78 Å². The zero-order valence-corrected chi connectivity index (χ0v) is 9.72. The highest BCUT2D eigenvalue weighted by molar-refractivity contribution is 5.18. The minimum absolute atomic E-state index is 0.363. The molecule has 0 bridgehead atoms. The Morgan fingerprint density at radius 1 is 1.24 bits per heavy atom. The maximum Gasteiger partial charge on any atom is 0.130 e. The number of ether oxygens (including phenoxy) is 1. The zero-order valence-electron chi connectivity index (χ0n) is 9.72. The third kappa shape index (κ3) is 3.75. The largest absolute Gasteiger partial charge is 0.381 e. The van der Waals surface area contributed by atoms with Crippen molar-refractivity contribution >= 4 is 0 Å². The Morgan fingerprint density at radius 3 is 2.94 bits per heavy atom. The van der Waals surface area contributed by atoms with Crippen molar-refractivity contribution in [1.29, 1.82) is 0 Å². The second kappa shape index (κ2) is 6.07. The fraction of sp³-hybridized carbons (Fsp3) is 0.538. The van der Waals surface area contributed by atoms with Gasteiger partial charge in [0.15, 0.2) is 0 Å². The molecule has 0 aromatic heterocycles. The van der Waals surface area contributed by atoms with E-state index < -0.39 is 11.6 Å². The lowest BCUT2D eigenvalue weighted by Crippen LogP contribution is -2.29. The average molecular weight is 241 g/mol. The van der Waals surface area contributed by atoms with Crippen LogP contribution in [-0.4, -0.2) is 19.3 Å². The van der Waals surface area contributed by atoms with Crippen LogP contribution in [0.1, 0.15) is 24.8 Å². The summed E-state index contributed by atoms with van der Waals surface area (Å²) in [6.45, 7) is 2.00. The minimum atomic E-state index is -0.533. The Bertz CT molecular complexity index is 362. The monoisotopic (exact) mass is 241 g/mol. The standard InChI is InChI=1S/C13H17F2NO/c14-11-4-3-10(13(15)8-11)9-16-12-2-1-6-17-7-5-12/h3-4,8,12,16H,1-2,5-7,9H2. The number of nitrogens with one attached hydrogen (secondary N) is 1. The van der Waals surface area contributed by atoms with Gasteiger partial charge in [-0.15, -0.1) is 0 Å². The van der Waals surface area contributed by atoms with Crippen LogP contribution < -0.4 is 5.32 Å². The summed E-state index contributed by atoms with van der Waals surface area (Å²) in [4.78, 5) is 0. The first-order valence-corrected chi connectivity index (χ1v) is 6.01. The molecule has 1 aliphatic heterocycles. The average Bonchev–Trinajstić information content (AvgIpc) is 2.56. The van der Waals surface area contributed by atoms with Crippen molar-refractivity contribution < 1.29 is 13.5 Å². The lowest BCUT2D eigenvalue weighted by Gasteiger charge is -2.15. The maximum absolute atomic E-state index is 13.4. The van der Waals surface area contributed by atoms with E-state index >= 15 is 0 Å². The molecule has 0 radical (unpaired) electrons. The van der Waals surface area contributed by atoms with Crippen LogP contribution in [0.5, 0.6) is 0 Å². The van der Waals surface area contributed by atoms with Crippen LogP contribution in [0.15, 0.2) is 18.2 Å². The number of hydrogen-bond acceptors (Lipinski definition) is 2. The predicted octanol–water partition coefficient (Wildman–Crippen LogP) is 2.62. The Kier molecular flexibility index (Phi) is 4.45. The second-order valence-corrected chi connectivity index (χ2v) is 4.36. The first-order chi connectivity index (χ1) is 8.25. The molecule has 1 unspecified atom stereocenters. The highest BCUT2D eigenvalue weighted by Crippen LogP contribution is 2.12. The predicted molar refractivity (Wildman–Crippen MR) is 61.7 cm³/mol. The van der Waals surface area contributed by atoms with Crippen LogP contribution in [0, 0.1) is 11.6 Å². The van der Waals surface area contributed by atoms with Crippen LogP contribution in [-0.2, 0) is 11.3 Å². The summed E-state index contributed by atoms with van der Waals surface area (Å²) in [5.74, 6) is -1.02. The molecule has 4 heteroatoms. The minimum Gasteiger partial charge on any atom is -0.381 e. The zero-order chi connectivity index (χ0) is 12.1. The van der Waals surface area contributed by atoms with Gasteiger partial charge in [0.05, 0.1) is 0 Å². The molecular weight excluding hydrogens is 224 g/mol. The molecule has 2 rings (SSSR count). The molecule has 0 spiro atoms. The molecule has 0 saturated carbocycles. The van der Waals surface area contributed by atoms with Gasteiger partial charge in [0.2, 0.25) is 0 Å². The van der Waals surface area contributed by atoms with Crippen molar-refractivity contribution in [1.82, 2.24) is 5.32 Å². The highest BCUT2D eigenvalue weighted by atomic mass is 19.1. The first-order valence-electron chi connectivity index (χ1n) is 6.01. The van der Waals surface area contributed by atoms with Crippen molar-refractivity contribution in [2.45, 2.75) is 31.8 Å². The van der Waals surface area contributed by atoms with Crippen LogP contribution in [0.25, 0.3) is 0 Å². The van der Waals surface area contributed by atoms with Crippen LogP contribution in [0.2, 0.25) is 0 Å². The van der Waals surface area contributed by atoms with E-state index in [0.717, 1.165) is 38.5 Å². The summed E-state index contributed by atoms with van der Waals surface area (Å²) < 4.78 is 31.5. The summed E-state index contributed by atoms with van der Waals surface area (Å²) in [5.41, 5.74) is 0.511. The topological polar surface area (TPSA) is 21.3 Å². The summed E-state index contributed by atoms with van der Waals surface area (Å²) >= 11 is 0. The normalized spacial score (nSPS) is 21.2. The van der Waals surface area contributed by atoms with E-state index in [-0.39, 0.29) is 0 Å². The van der Waals surface area contributed by atoms with Gasteiger partial charge in [-0.1, -0.05) is 6.07 Å². The van der Waals surface area contributed by atoms with Gasteiger partial charge in [0.25, 0.3) is 0 Å². The number of rotatable bonds is 3.